The zero-order valence-corrected chi connectivity index (χ0v) is 17.4. The Morgan fingerprint density at radius 2 is 1.50 bits per heavy atom. The van der Waals surface area contributed by atoms with E-state index in [1.54, 1.807) is 14.2 Å². The van der Waals surface area contributed by atoms with Gasteiger partial charge in [0.15, 0.2) is 0 Å². The number of methoxy groups -OCH3 is 2. The fourth-order valence-corrected chi connectivity index (χ4v) is 3.54. The number of hydrogen-bond acceptors (Lipinski definition) is 4. The van der Waals surface area contributed by atoms with Crippen molar-refractivity contribution in [2.45, 2.75) is 19.4 Å². The zero-order chi connectivity index (χ0) is 20.8. The predicted octanol–water partition coefficient (Wildman–Crippen LogP) is 5.58. The molecule has 0 fully saturated rings. The summed E-state index contributed by atoms with van der Waals surface area (Å²) in [7, 11) is 3.35. The Labute approximate surface area is 176 Å². The third-order valence-electron chi connectivity index (χ3n) is 5.07. The quantitative estimate of drug-likeness (QED) is 0.343. The Hall–Kier alpha value is -3.47. The van der Waals surface area contributed by atoms with Crippen LogP contribution in [0.5, 0.6) is 17.2 Å². The van der Waals surface area contributed by atoms with E-state index < -0.39 is 0 Å². The van der Waals surface area contributed by atoms with Gasteiger partial charge in [0.05, 0.1) is 31.9 Å². The summed E-state index contributed by atoms with van der Waals surface area (Å²) in [6, 6.07) is 24.0. The molecule has 1 aromatic heterocycles. The number of hydrogen-bond donors (Lipinski definition) is 0. The summed E-state index contributed by atoms with van der Waals surface area (Å²) in [6.45, 7) is 1.53. The summed E-state index contributed by atoms with van der Waals surface area (Å²) < 4.78 is 18.8. The van der Waals surface area contributed by atoms with Gasteiger partial charge in [0.2, 0.25) is 0 Å². The number of fused-ring (bicyclic) bond motifs is 1. The fourth-order valence-electron chi connectivity index (χ4n) is 3.54. The minimum atomic E-state index is 0.661. The van der Waals surface area contributed by atoms with Gasteiger partial charge in [-0.3, -0.25) is 0 Å². The Bertz CT molecular complexity index is 1120. The lowest BCUT2D eigenvalue weighted by atomic mass is 10.2. The van der Waals surface area contributed by atoms with Crippen molar-refractivity contribution in [1.29, 1.82) is 0 Å². The van der Waals surface area contributed by atoms with Crippen molar-refractivity contribution in [3.05, 3.63) is 72.8 Å². The highest BCUT2D eigenvalue weighted by Gasteiger charge is 2.12. The van der Waals surface area contributed by atoms with Gasteiger partial charge in [0, 0.05) is 18.2 Å². The van der Waals surface area contributed by atoms with Gasteiger partial charge in [-0.05, 0) is 49.2 Å². The molecule has 0 saturated heterocycles. The molecule has 5 heteroatoms. The first-order valence-corrected chi connectivity index (χ1v) is 10.1. The monoisotopic (exact) mass is 402 g/mol. The molecule has 4 aromatic rings. The minimum absolute atomic E-state index is 0.661. The van der Waals surface area contributed by atoms with E-state index >= 15 is 0 Å². The van der Waals surface area contributed by atoms with Crippen LogP contribution >= 0.6 is 0 Å². The van der Waals surface area contributed by atoms with Crippen molar-refractivity contribution in [2.75, 3.05) is 20.8 Å². The summed E-state index contributed by atoms with van der Waals surface area (Å²) in [5, 5.41) is 0. The highest BCUT2D eigenvalue weighted by Crippen LogP contribution is 2.28. The molecule has 0 radical (unpaired) electrons. The highest BCUT2D eigenvalue weighted by atomic mass is 16.5. The summed E-state index contributed by atoms with van der Waals surface area (Å²) >= 11 is 0. The Morgan fingerprint density at radius 1 is 0.767 bits per heavy atom. The number of unbranched alkanes of at least 4 members (excludes halogenated alkanes) is 1. The van der Waals surface area contributed by atoms with E-state index in [4.69, 9.17) is 19.2 Å². The SMILES string of the molecule is COc1cccc(OCCCCn2c(-c3cccc(OC)c3)nc3ccccc32)c1. The number of imidazole rings is 1. The molecule has 0 unspecified atom stereocenters. The maximum absolute atomic E-state index is 5.88. The van der Waals surface area contributed by atoms with E-state index in [1.807, 2.05) is 48.5 Å². The minimum Gasteiger partial charge on any atom is -0.497 e. The number of nitrogens with zero attached hydrogens (tertiary/aromatic N) is 2. The second-order valence-electron chi connectivity index (χ2n) is 7.04. The summed E-state index contributed by atoms with van der Waals surface area (Å²) in [5.41, 5.74) is 3.20. The maximum atomic E-state index is 5.88. The van der Waals surface area contributed by atoms with Crippen LogP contribution in [0.2, 0.25) is 0 Å². The standard InChI is InChI=1S/C25H26N2O3/c1-28-20-10-7-9-19(17-20)25-26-23-13-3-4-14-24(23)27(25)15-5-6-16-30-22-12-8-11-21(18-22)29-2/h3-4,7-14,17-18H,5-6,15-16H2,1-2H3. The number of aromatic nitrogens is 2. The summed E-state index contributed by atoms with van der Waals surface area (Å²) in [5.74, 6) is 3.43. The van der Waals surface area contributed by atoms with E-state index in [0.717, 1.165) is 59.1 Å². The summed E-state index contributed by atoms with van der Waals surface area (Å²) in [4.78, 5) is 4.89. The first-order valence-electron chi connectivity index (χ1n) is 10.1. The Balaban J connectivity index is 1.46. The molecule has 154 valence electrons. The van der Waals surface area contributed by atoms with Crippen molar-refractivity contribution in [2.24, 2.45) is 0 Å². The Morgan fingerprint density at radius 3 is 2.33 bits per heavy atom. The average molecular weight is 402 g/mol. The van der Waals surface area contributed by atoms with Gasteiger partial charge in [0.1, 0.15) is 23.1 Å². The molecule has 0 aliphatic carbocycles. The lowest BCUT2D eigenvalue weighted by Gasteiger charge is -2.11. The van der Waals surface area contributed by atoms with Crippen molar-refractivity contribution in [3.8, 4) is 28.6 Å². The van der Waals surface area contributed by atoms with E-state index in [1.165, 1.54) is 0 Å². The number of benzene rings is 3. The van der Waals surface area contributed by atoms with Crippen molar-refractivity contribution in [1.82, 2.24) is 9.55 Å². The molecular formula is C25H26N2O3. The first-order chi connectivity index (χ1) is 14.8. The molecule has 0 aliphatic heterocycles. The smallest absolute Gasteiger partial charge is 0.141 e. The molecule has 0 N–H and O–H groups in total. The molecule has 4 rings (SSSR count). The molecule has 0 amide bonds. The number of aryl methyl sites for hydroxylation is 1. The highest BCUT2D eigenvalue weighted by molar-refractivity contribution is 5.80. The zero-order valence-electron chi connectivity index (χ0n) is 17.4. The molecule has 0 bridgehead atoms. The van der Waals surface area contributed by atoms with Crippen LogP contribution in [-0.2, 0) is 6.54 Å². The van der Waals surface area contributed by atoms with Crippen LogP contribution in [0, 0.1) is 0 Å². The van der Waals surface area contributed by atoms with Gasteiger partial charge in [-0.15, -0.1) is 0 Å². The van der Waals surface area contributed by atoms with Crippen LogP contribution in [0.3, 0.4) is 0 Å². The van der Waals surface area contributed by atoms with Gasteiger partial charge >= 0.3 is 0 Å². The molecular weight excluding hydrogens is 376 g/mol. The lowest BCUT2D eigenvalue weighted by molar-refractivity contribution is 0.301. The van der Waals surface area contributed by atoms with Gasteiger partial charge in [-0.1, -0.05) is 30.3 Å². The molecule has 0 atom stereocenters. The number of rotatable bonds is 9. The van der Waals surface area contributed by atoms with Crippen LogP contribution in [0.1, 0.15) is 12.8 Å². The lowest BCUT2D eigenvalue weighted by Crippen LogP contribution is -2.04. The van der Waals surface area contributed by atoms with Gasteiger partial charge in [-0.2, -0.15) is 0 Å². The van der Waals surface area contributed by atoms with Crippen LogP contribution in [0.25, 0.3) is 22.4 Å². The third kappa shape index (κ3) is 4.40. The van der Waals surface area contributed by atoms with E-state index in [9.17, 15) is 0 Å². The van der Waals surface area contributed by atoms with Crippen LogP contribution in [0.4, 0.5) is 0 Å². The fraction of sp³-hybridized carbons (Fsp3) is 0.240. The van der Waals surface area contributed by atoms with E-state index in [0.29, 0.717) is 6.61 Å². The van der Waals surface area contributed by atoms with Gasteiger partial charge in [0.25, 0.3) is 0 Å². The largest absolute Gasteiger partial charge is 0.497 e. The summed E-state index contributed by atoms with van der Waals surface area (Å²) in [6.07, 6.45) is 1.93. The van der Waals surface area contributed by atoms with E-state index in [-0.39, 0.29) is 0 Å². The van der Waals surface area contributed by atoms with Crippen LogP contribution in [0.15, 0.2) is 72.8 Å². The van der Waals surface area contributed by atoms with E-state index in [2.05, 4.69) is 28.8 Å². The normalized spacial score (nSPS) is 10.9. The Kier molecular flexibility index (Phi) is 6.18. The molecule has 0 aliphatic rings. The van der Waals surface area contributed by atoms with Crippen molar-refractivity contribution in [3.63, 3.8) is 0 Å². The van der Waals surface area contributed by atoms with Gasteiger partial charge in [-0.25, -0.2) is 4.98 Å². The molecule has 0 saturated carbocycles. The first kappa shape index (κ1) is 19.8. The topological polar surface area (TPSA) is 45.5 Å². The molecule has 0 spiro atoms. The average Bonchev–Trinajstić information content (AvgIpc) is 3.17. The predicted molar refractivity (Wildman–Crippen MR) is 119 cm³/mol. The number of para-hydroxylation sites is 2. The molecule has 30 heavy (non-hydrogen) atoms. The maximum Gasteiger partial charge on any atom is 0.141 e. The van der Waals surface area contributed by atoms with Crippen molar-refractivity contribution < 1.29 is 14.2 Å². The molecule has 5 nitrogen and oxygen atoms in total. The van der Waals surface area contributed by atoms with Gasteiger partial charge < -0.3 is 18.8 Å². The van der Waals surface area contributed by atoms with Crippen molar-refractivity contribution >= 4 is 11.0 Å². The second kappa shape index (κ2) is 9.35. The number of ether oxygens (including phenoxy) is 3. The molecule has 1 heterocycles. The third-order valence-corrected chi connectivity index (χ3v) is 5.07. The second-order valence-corrected chi connectivity index (χ2v) is 7.04. The van der Waals surface area contributed by atoms with Crippen LogP contribution < -0.4 is 14.2 Å². The van der Waals surface area contributed by atoms with Crippen LogP contribution in [-0.4, -0.2) is 30.4 Å². The molecule has 3 aromatic carbocycles.